The summed E-state index contributed by atoms with van der Waals surface area (Å²) in [7, 11) is 3.42. The van der Waals surface area contributed by atoms with E-state index in [9.17, 15) is 4.79 Å². The SMILES string of the molecule is Cn1cc(C(=O)Cc2cnn(C)n2)nn1. The van der Waals surface area contributed by atoms with Crippen molar-refractivity contribution in [3.63, 3.8) is 0 Å². The van der Waals surface area contributed by atoms with Crippen LogP contribution in [0.1, 0.15) is 16.2 Å². The summed E-state index contributed by atoms with van der Waals surface area (Å²) in [5.74, 6) is -0.108. The first-order valence-electron chi connectivity index (χ1n) is 4.40. The van der Waals surface area contributed by atoms with E-state index in [0.29, 0.717) is 11.4 Å². The molecule has 0 N–H and O–H groups in total. The van der Waals surface area contributed by atoms with Gasteiger partial charge in [0.1, 0.15) is 5.69 Å². The number of ketones is 1. The van der Waals surface area contributed by atoms with Crippen LogP contribution in [0.15, 0.2) is 12.4 Å². The Balaban J connectivity index is 2.10. The van der Waals surface area contributed by atoms with Crippen LogP contribution >= 0.6 is 0 Å². The van der Waals surface area contributed by atoms with Gasteiger partial charge in [-0.15, -0.1) is 5.10 Å². The van der Waals surface area contributed by atoms with Gasteiger partial charge in [-0.2, -0.15) is 15.0 Å². The highest BCUT2D eigenvalue weighted by Gasteiger charge is 2.12. The molecule has 0 atom stereocenters. The normalized spacial score (nSPS) is 10.5. The van der Waals surface area contributed by atoms with Gasteiger partial charge in [0.15, 0.2) is 5.78 Å². The lowest BCUT2D eigenvalue weighted by Gasteiger charge is -1.90. The Labute approximate surface area is 85.7 Å². The molecular formula is C8H10N6O. The third kappa shape index (κ3) is 2.06. The number of carbonyl (C=O) groups is 1. The predicted octanol–water partition coefficient (Wildman–Crippen LogP) is -0.631. The Hall–Kier alpha value is -2.05. The molecule has 2 aromatic rings. The first-order chi connectivity index (χ1) is 7.15. The summed E-state index contributed by atoms with van der Waals surface area (Å²) in [6.45, 7) is 0. The summed E-state index contributed by atoms with van der Waals surface area (Å²) >= 11 is 0. The Morgan fingerprint density at radius 1 is 1.47 bits per heavy atom. The topological polar surface area (TPSA) is 78.5 Å². The molecular weight excluding hydrogens is 196 g/mol. The van der Waals surface area contributed by atoms with Gasteiger partial charge in [0.2, 0.25) is 0 Å². The third-order valence-electron chi connectivity index (χ3n) is 1.88. The second kappa shape index (κ2) is 3.60. The Kier molecular flexibility index (Phi) is 2.28. The lowest BCUT2D eigenvalue weighted by atomic mass is 10.2. The quantitative estimate of drug-likeness (QED) is 0.625. The molecule has 0 unspecified atom stereocenters. The van der Waals surface area contributed by atoms with Crippen LogP contribution in [0, 0.1) is 0 Å². The fraction of sp³-hybridized carbons (Fsp3) is 0.375. The van der Waals surface area contributed by atoms with Gasteiger partial charge in [-0.1, -0.05) is 5.21 Å². The Morgan fingerprint density at radius 3 is 2.80 bits per heavy atom. The zero-order valence-corrected chi connectivity index (χ0v) is 8.45. The summed E-state index contributed by atoms with van der Waals surface area (Å²) in [6, 6.07) is 0. The molecule has 2 aromatic heterocycles. The van der Waals surface area contributed by atoms with E-state index < -0.39 is 0 Å². The fourth-order valence-corrected chi connectivity index (χ4v) is 1.20. The summed E-state index contributed by atoms with van der Waals surface area (Å²) in [6.07, 6.45) is 3.35. The number of hydrogen-bond acceptors (Lipinski definition) is 5. The highest BCUT2D eigenvalue weighted by Crippen LogP contribution is 2.00. The first kappa shape index (κ1) is 9.50. The minimum atomic E-state index is -0.108. The second-order valence-electron chi connectivity index (χ2n) is 3.20. The van der Waals surface area contributed by atoms with Crippen molar-refractivity contribution in [2.24, 2.45) is 14.1 Å². The van der Waals surface area contributed by atoms with Crippen molar-refractivity contribution >= 4 is 5.78 Å². The molecule has 0 amide bonds. The molecule has 0 aliphatic rings. The lowest BCUT2D eigenvalue weighted by Crippen LogP contribution is -2.05. The Bertz CT molecular complexity index is 485. The van der Waals surface area contributed by atoms with Crippen molar-refractivity contribution in [2.75, 3.05) is 0 Å². The molecule has 15 heavy (non-hydrogen) atoms. The summed E-state index contributed by atoms with van der Waals surface area (Å²) in [4.78, 5) is 13.1. The summed E-state index contributed by atoms with van der Waals surface area (Å²) in [5.41, 5.74) is 0.983. The smallest absolute Gasteiger partial charge is 0.190 e. The Morgan fingerprint density at radius 2 is 2.27 bits per heavy atom. The predicted molar refractivity (Wildman–Crippen MR) is 50.0 cm³/mol. The maximum absolute atomic E-state index is 11.6. The minimum absolute atomic E-state index is 0.108. The van der Waals surface area contributed by atoms with Crippen molar-refractivity contribution in [1.82, 2.24) is 30.0 Å². The van der Waals surface area contributed by atoms with Crippen LogP contribution in [0.5, 0.6) is 0 Å². The van der Waals surface area contributed by atoms with E-state index in [1.54, 1.807) is 26.5 Å². The molecule has 0 aromatic carbocycles. The number of hydrogen-bond donors (Lipinski definition) is 0. The van der Waals surface area contributed by atoms with Gasteiger partial charge >= 0.3 is 0 Å². The number of Topliss-reactive ketones (excluding diaryl/α,β-unsaturated/α-hetero) is 1. The van der Waals surface area contributed by atoms with Gasteiger partial charge in [0.05, 0.1) is 24.5 Å². The van der Waals surface area contributed by atoms with Crippen molar-refractivity contribution in [3.8, 4) is 0 Å². The van der Waals surface area contributed by atoms with Crippen LogP contribution < -0.4 is 0 Å². The maximum atomic E-state index is 11.6. The fourth-order valence-electron chi connectivity index (χ4n) is 1.20. The minimum Gasteiger partial charge on any atom is -0.292 e. The van der Waals surface area contributed by atoms with Crippen molar-refractivity contribution in [3.05, 3.63) is 23.8 Å². The third-order valence-corrected chi connectivity index (χ3v) is 1.88. The number of aryl methyl sites for hydroxylation is 2. The van der Waals surface area contributed by atoms with E-state index in [4.69, 9.17) is 0 Å². The molecule has 0 aliphatic heterocycles. The number of nitrogens with zero attached hydrogens (tertiary/aromatic N) is 6. The maximum Gasteiger partial charge on any atom is 0.190 e. The van der Waals surface area contributed by atoms with E-state index in [1.807, 2.05) is 0 Å². The van der Waals surface area contributed by atoms with Crippen LogP contribution in [0.2, 0.25) is 0 Å². The molecule has 2 heterocycles. The number of aromatic nitrogens is 6. The van der Waals surface area contributed by atoms with Crippen LogP contribution in [-0.4, -0.2) is 35.8 Å². The standard InChI is InChI=1S/C8H10N6O/c1-13-5-7(10-12-13)8(15)3-6-4-9-14(2)11-6/h4-5H,3H2,1-2H3. The molecule has 0 saturated heterocycles. The van der Waals surface area contributed by atoms with E-state index in [-0.39, 0.29) is 12.2 Å². The average Bonchev–Trinajstić information content (AvgIpc) is 2.75. The highest BCUT2D eigenvalue weighted by molar-refractivity contribution is 5.95. The summed E-state index contributed by atoms with van der Waals surface area (Å²) < 4.78 is 1.49. The van der Waals surface area contributed by atoms with E-state index in [1.165, 1.54) is 9.48 Å². The van der Waals surface area contributed by atoms with Crippen LogP contribution in [0.4, 0.5) is 0 Å². The molecule has 78 valence electrons. The van der Waals surface area contributed by atoms with E-state index in [0.717, 1.165) is 0 Å². The van der Waals surface area contributed by atoms with E-state index in [2.05, 4.69) is 20.5 Å². The largest absolute Gasteiger partial charge is 0.292 e. The molecule has 0 radical (unpaired) electrons. The van der Waals surface area contributed by atoms with Gasteiger partial charge in [-0.25, -0.2) is 0 Å². The average molecular weight is 206 g/mol. The highest BCUT2D eigenvalue weighted by atomic mass is 16.1. The number of carbonyl (C=O) groups excluding carboxylic acids is 1. The molecule has 7 heteroatoms. The molecule has 0 spiro atoms. The van der Waals surface area contributed by atoms with E-state index >= 15 is 0 Å². The molecule has 0 saturated carbocycles. The second-order valence-corrected chi connectivity index (χ2v) is 3.20. The van der Waals surface area contributed by atoms with Crippen molar-refractivity contribution < 1.29 is 4.79 Å². The van der Waals surface area contributed by atoms with Gasteiger partial charge in [-0.05, 0) is 0 Å². The van der Waals surface area contributed by atoms with Gasteiger partial charge in [0.25, 0.3) is 0 Å². The summed E-state index contributed by atoms with van der Waals surface area (Å²) in [5, 5.41) is 15.3. The van der Waals surface area contributed by atoms with Crippen LogP contribution in [-0.2, 0) is 20.5 Å². The van der Waals surface area contributed by atoms with Crippen molar-refractivity contribution in [1.29, 1.82) is 0 Å². The first-order valence-corrected chi connectivity index (χ1v) is 4.40. The van der Waals surface area contributed by atoms with Gasteiger partial charge < -0.3 is 0 Å². The zero-order valence-electron chi connectivity index (χ0n) is 8.45. The monoisotopic (exact) mass is 206 g/mol. The number of rotatable bonds is 3. The molecule has 2 rings (SSSR count). The molecule has 0 bridgehead atoms. The van der Waals surface area contributed by atoms with Gasteiger partial charge in [0, 0.05) is 14.1 Å². The molecule has 7 nitrogen and oxygen atoms in total. The van der Waals surface area contributed by atoms with Crippen molar-refractivity contribution in [2.45, 2.75) is 6.42 Å². The van der Waals surface area contributed by atoms with Crippen LogP contribution in [0.25, 0.3) is 0 Å². The molecule has 0 fully saturated rings. The zero-order chi connectivity index (χ0) is 10.8. The lowest BCUT2D eigenvalue weighted by molar-refractivity contribution is 0.0987. The molecule has 0 aliphatic carbocycles. The van der Waals surface area contributed by atoms with Gasteiger partial charge in [-0.3, -0.25) is 9.48 Å². The van der Waals surface area contributed by atoms with Crippen LogP contribution in [0.3, 0.4) is 0 Å².